The predicted molar refractivity (Wildman–Crippen MR) is 131 cm³/mol. The van der Waals surface area contributed by atoms with Crippen molar-refractivity contribution in [3.8, 4) is 0 Å². The van der Waals surface area contributed by atoms with E-state index in [0.717, 1.165) is 48.9 Å². The summed E-state index contributed by atoms with van der Waals surface area (Å²) in [5.41, 5.74) is 0. The zero-order valence-electron chi connectivity index (χ0n) is 20.9. The second kappa shape index (κ2) is 13.9. The smallest absolute Gasteiger partial charge is 0.306 e. The third-order valence-electron chi connectivity index (χ3n) is 9.19. The SMILES string of the molecule is CCCCC[C@H]1CC[C@H](CCC2CCC(C3CCC(OC(=O)CCC)CC3)CC2)CC1. The van der Waals surface area contributed by atoms with Gasteiger partial charge in [-0.15, -0.1) is 0 Å². The van der Waals surface area contributed by atoms with Crippen LogP contribution in [0.5, 0.6) is 0 Å². The van der Waals surface area contributed by atoms with E-state index in [4.69, 9.17) is 4.74 Å². The maximum Gasteiger partial charge on any atom is 0.306 e. The Kier molecular flexibility index (Phi) is 11.2. The molecule has 31 heavy (non-hydrogen) atoms. The predicted octanol–water partition coefficient (Wildman–Crippen LogP) is 8.86. The van der Waals surface area contributed by atoms with Gasteiger partial charge in [0, 0.05) is 6.42 Å². The molecule has 2 heteroatoms. The summed E-state index contributed by atoms with van der Waals surface area (Å²) in [6, 6.07) is 0. The minimum absolute atomic E-state index is 0.0245. The monoisotopic (exact) mass is 432 g/mol. The molecule has 180 valence electrons. The number of hydrogen-bond donors (Lipinski definition) is 0. The van der Waals surface area contributed by atoms with Crippen LogP contribution in [0.3, 0.4) is 0 Å². The molecule has 0 aliphatic heterocycles. The van der Waals surface area contributed by atoms with E-state index in [-0.39, 0.29) is 12.1 Å². The summed E-state index contributed by atoms with van der Waals surface area (Å²) in [7, 11) is 0. The highest BCUT2D eigenvalue weighted by Crippen LogP contribution is 2.42. The van der Waals surface area contributed by atoms with Gasteiger partial charge in [0.05, 0.1) is 0 Å². The van der Waals surface area contributed by atoms with Crippen LogP contribution in [0.2, 0.25) is 0 Å². The van der Waals surface area contributed by atoms with Crippen molar-refractivity contribution in [1.29, 1.82) is 0 Å². The Hall–Kier alpha value is -0.530. The van der Waals surface area contributed by atoms with Crippen LogP contribution in [0.25, 0.3) is 0 Å². The van der Waals surface area contributed by atoms with Gasteiger partial charge in [0.15, 0.2) is 0 Å². The zero-order chi connectivity index (χ0) is 21.9. The summed E-state index contributed by atoms with van der Waals surface area (Å²) in [6.45, 7) is 4.37. The molecule has 0 N–H and O–H groups in total. The number of unbranched alkanes of at least 4 members (excludes halogenated alkanes) is 2. The van der Waals surface area contributed by atoms with Gasteiger partial charge in [0.2, 0.25) is 0 Å². The minimum atomic E-state index is 0.0245. The lowest BCUT2D eigenvalue weighted by Crippen LogP contribution is -2.29. The summed E-state index contributed by atoms with van der Waals surface area (Å²) < 4.78 is 5.67. The number of carbonyl (C=O) groups excluding carboxylic acids is 1. The summed E-state index contributed by atoms with van der Waals surface area (Å²) in [6.07, 6.45) is 27.4. The van der Waals surface area contributed by atoms with Crippen LogP contribution in [0.4, 0.5) is 0 Å². The van der Waals surface area contributed by atoms with Crippen molar-refractivity contribution >= 4 is 5.97 Å². The lowest BCUT2D eigenvalue weighted by atomic mass is 9.69. The molecular weight excluding hydrogens is 380 g/mol. The Labute approximate surface area is 193 Å². The van der Waals surface area contributed by atoms with Gasteiger partial charge in [-0.2, -0.15) is 0 Å². The Bertz CT molecular complexity index is 477. The average molecular weight is 433 g/mol. The van der Waals surface area contributed by atoms with E-state index in [2.05, 4.69) is 13.8 Å². The van der Waals surface area contributed by atoms with Gasteiger partial charge in [-0.05, 0) is 74.5 Å². The van der Waals surface area contributed by atoms with Gasteiger partial charge in [-0.1, -0.05) is 90.9 Å². The fourth-order valence-corrected chi connectivity index (χ4v) is 7.04. The number of rotatable bonds is 11. The highest BCUT2D eigenvalue weighted by molar-refractivity contribution is 5.69. The van der Waals surface area contributed by atoms with Gasteiger partial charge in [-0.3, -0.25) is 4.79 Å². The van der Waals surface area contributed by atoms with Gasteiger partial charge in [0.25, 0.3) is 0 Å². The lowest BCUT2D eigenvalue weighted by Gasteiger charge is -2.38. The largest absolute Gasteiger partial charge is 0.462 e. The fourth-order valence-electron chi connectivity index (χ4n) is 7.04. The zero-order valence-corrected chi connectivity index (χ0v) is 20.9. The molecular formula is C29H52O2. The van der Waals surface area contributed by atoms with Crippen LogP contribution in [0.15, 0.2) is 0 Å². The summed E-state index contributed by atoms with van der Waals surface area (Å²) >= 11 is 0. The first-order valence-electron chi connectivity index (χ1n) is 14.4. The maximum atomic E-state index is 11.8. The molecule has 2 nitrogen and oxygen atoms in total. The highest BCUT2D eigenvalue weighted by Gasteiger charge is 2.32. The van der Waals surface area contributed by atoms with E-state index in [1.807, 2.05) is 0 Å². The van der Waals surface area contributed by atoms with Crippen LogP contribution in [0, 0.1) is 29.6 Å². The molecule has 0 radical (unpaired) electrons. The minimum Gasteiger partial charge on any atom is -0.462 e. The van der Waals surface area contributed by atoms with Crippen LogP contribution in [-0.4, -0.2) is 12.1 Å². The molecule has 3 rings (SSSR count). The molecule has 3 aliphatic carbocycles. The summed E-state index contributed by atoms with van der Waals surface area (Å²) in [5, 5.41) is 0. The second-order valence-electron chi connectivity index (χ2n) is 11.5. The summed E-state index contributed by atoms with van der Waals surface area (Å²) in [4.78, 5) is 11.8. The Morgan fingerprint density at radius 1 is 0.613 bits per heavy atom. The number of esters is 1. The first kappa shape index (κ1) is 25.1. The molecule has 0 heterocycles. The van der Waals surface area contributed by atoms with E-state index < -0.39 is 0 Å². The lowest BCUT2D eigenvalue weighted by molar-refractivity contribution is -0.151. The number of hydrogen-bond acceptors (Lipinski definition) is 2. The molecule has 0 aromatic heterocycles. The average Bonchev–Trinajstić information content (AvgIpc) is 2.80. The van der Waals surface area contributed by atoms with E-state index in [0.29, 0.717) is 6.42 Å². The molecule has 3 fully saturated rings. The van der Waals surface area contributed by atoms with Crippen molar-refractivity contribution in [2.24, 2.45) is 29.6 Å². The molecule has 0 unspecified atom stereocenters. The van der Waals surface area contributed by atoms with E-state index in [1.54, 1.807) is 0 Å². The number of ether oxygens (including phenoxy) is 1. The topological polar surface area (TPSA) is 26.3 Å². The van der Waals surface area contributed by atoms with Crippen LogP contribution in [0.1, 0.15) is 142 Å². The van der Waals surface area contributed by atoms with Crippen molar-refractivity contribution in [1.82, 2.24) is 0 Å². The molecule has 0 spiro atoms. The Morgan fingerprint density at radius 3 is 1.61 bits per heavy atom. The number of carbonyl (C=O) groups is 1. The molecule has 0 amide bonds. The van der Waals surface area contributed by atoms with E-state index in [1.165, 1.54) is 103 Å². The van der Waals surface area contributed by atoms with E-state index in [9.17, 15) is 4.79 Å². The van der Waals surface area contributed by atoms with Crippen molar-refractivity contribution in [3.05, 3.63) is 0 Å². The first-order valence-corrected chi connectivity index (χ1v) is 14.4. The van der Waals surface area contributed by atoms with Crippen LogP contribution >= 0.6 is 0 Å². The molecule has 0 bridgehead atoms. The van der Waals surface area contributed by atoms with Crippen LogP contribution < -0.4 is 0 Å². The fraction of sp³-hybridized carbons (Fsp3) is 0.966. The van der Waals surface area contributed by atoms with Gasteiger partial charge < -0.3 is 4.74 Å². The Morgan fingerprint density at radius 2 is 1.10 bits per heavy atom. The normalized spacial score (nSPS) is 34.4. The van der Waals surface area contributed by atoms with Crippen molar-refractivity contribution in [2.75, 3.05) is 0 Å². The van der Waals surface area contributed by atoms with Crippen molar-refractivity contribution in [2.45, 2.75) is 148 Å². The molecule has 3 aliphatic rings. The highest BCUT2D eigenvalue weighted by atomic mass is 16.5. The Balaban J connectivity index is 1.24. The molecule has 0 saturated heterocycles. The quantitative estimate of drug-likeness (QED) is 0.241. The third kappa shape index (κ3) is 8.73. The van der Waals surface area contributed by atoms with E-state index >= 15 is 0 Å². The van der Waals surface area contributed by atoms with Gasteiger partial charge in [0.1, 0.15) is 6.10 Å². The van der Waals surface area contributed by atoms with Gasteiger partial charge >= 0.3 is 5.97 Å². The second-order valence-corrected chi connectivity index (χ2v) is 11.5. The van der Waals surface area contributed by atoms with Gasteiger partial charge in [-0.25, -0.2) is 0 Å². The first-order chi connectivity index (χ1) is 15.2. The third-order valence-corrected chi connectivity index (χ3v) is 9.19. The molecule has 3 saturated carbocycles. The standard InChI is InChI=1S/C29H52O2/c1-3-5-6-8-23-9-11-24(12-10-23)13-14-25-15-17-26(18-16-25)27-19-21-28(22-20-27)31-29(30)7-4-2/h23-28H,3-22H2,1-2H3/t23-,24-,25?,26?,27?,28?. The maximum absolute atomic E-state index is 11.8. The molecule has 0 aromatic carbocycles. The summed E-state index contributed by atoms with van der Waals surface area (Å²) in [5.74, 6) is 5.02. The molecule has 0 atom stereocenters. The van der Waals surface area contributed by atoms with Crippen molar-refractivity contribution < 1.29 is 9.53 Å². The molecule has 0 aromatic rings. The van der Waals surface area contributed by atoms with Crippen LogP contribution in [-0.2, 0) is 9.53 Å². The van der Waals surface area contributed by atoms with Crippen molar-refractivity contribution in [3.63, 3.8) is 0 Å².